The molecule has 0 amide bonds. The molecule has 0 unspecified atom stereocenters. The fraction of sp³-hybridized carbons (Fsp3) is 0.0455. The number of hydrogen-bond donors (Lipinski definition) is 0. The highest BCUT2D eigenvalue weighted by Crippen LogP contribution is 2.24. The molecule has 0 N–H and O–H groups in total. The first-order valence-corrected chi connectivity index (χ1v) is 9.05. The largest absolute Gasteiger partial charge is 0.497 e. The molecular formula is C22H19NO2S. The molecule has 0 saturated heterocycles. The van der Waals surface area contributed by atoms with Gasteiger partial charge in [0.1, 0.15) is 11.5 Å². The SMILES string of the molecule is COc1cccc(S/C=C/C(=Nc2ccccc2)Oc2ccccc2)c1. The van der Waals surface area contributed by atoms with Crippen LogP contribution >= 0.6 is 11.8 Å². The van der Waals surface area contributed by atoms with Gasteiger partial charge >= 0.3 is 0 Å². The molecule has 0 saturated carbocycles. The van der Waals surface area contributed by atoms with Crippen molar-refractivity contribution in [2.24, 2.45) is 4.99 Å². The first-order chi connectivity index (χ1) is 12.8. The van der Waals surface area contributed by atoms with Gasteiger partial charge < -0.3 is 9.47 Å². The average Bonchev–Trinajstić information content (AvgIpc) is 2.70. The van der Waals surface area contributed by atoms with Gasteiger partial charge in [-0.25, -0.2) is 4.99 Å². The third-order valence-electron chi connectivity index (χ3n) is 3.42. The van der Waals surface area contributed by atoms with Gasteiger partial charge in [-0.05, 0) is 47.9 Å². The van der Waals surface area contributed by atoms with E-state index in [-0.39, 0.29) is 0 Å². The molecule has 3 aromatic rings. The summed E-state index contributed by atoms with van der Waals surface area (Å²) in [5, 5.41) is 1.96. The molecule has 0 aliphatic heterocycles. The van der Waals surface area contributed by atoms with Crippen molar-refractivity contribution in [3.63, 3.8) is 0 Å². The lowest BCUT2D eigenvalue weighted by Crippen LogP contribution is -2.04. The van der Waals surface area contributed by atoms with E-state index in [2.05, 4.69) is 4.99 Å². The lowest BCUT2D eigenvalue weighted by atomic mass is 10.3. The molecule has 0 heterocycles. The number of para-hydroxylation sites is 2. The molecule has 0 atom stereocenters. The number of benzene rings is 3. The Hall–Kier alpha value is -2.98. The number of hydrogen-bond acceptors (Lipinski definition) is 4. The maximum Gasteiger partial charge on any atom is 0.220 e. The van der Waals surface area contributed by atoms with Gasteiger partial charge in [0.25, 0.3) is 0 Å². The van der Waals surface area contributed by atoms with Crippen LogP contribution in [-0.2, 0) is 0 Å². The molecule has 3 nitrogen and oxygen atoms in total. The fourth-order valence-corrected chi connectivity index (χ4v) is 2.86. The normalized spacial score (nSPS) is 11.5. The van der Waals surface area contributed by atoms with Gasteiger partial charge in [-0.1, -0.05) is 54.2 Å². The lowest BCUT2D eigenvalue weighted by Gasteiger charge is -2.06. The summed E-state index contributed by atoms with van der Waals surface area (Å²) >= 11 is 1.58. The van der Waals surface area contributed by atoms with Crippen molar-refractivity contribution < 1.29 is 9.47 Å². The number of ether oxygens (including phenoxy) is 2. The van der Waals surface area contributed by atoms with Gasteiger partial charge in [-0.15, -0.1) is 0 Å². The predicted octanol–water partition coefficient (Wildman–Crippen LogP) is 6.11. The Labute approximate surface area is 158 Å². The molecule has 0 aliphatic rings. The highest BCUT2D eigenvalue weighted by molar-refractivity contribution is 8.02. The zero-order valence-electron chi connectivity index (χ0n) is 14.4. The van der Waals surface area contributed by atoms with E-state index in [1.807, 2.05) is 96.4 Å². The highest BCUT2D eigenvalue weighted by Gasteiger charge is 2.00. The molecule has 3 aromatic carbocycles. The van der Waals surface area contributed by atoms with Crippen LogP contribution in [0.25, 0.3) is 0 Å². The molecule has 0 aliphatic carbocycles. The molecule has 0 radical (unpaired) electrons. The molecule has 26 heavy (non-hydrogen) atoms. The van der Waals surface area contributed by atoms with Gasteiger partial charge in [-0.3, -0.25) is 0 Å². The van der Waals surface area contributed by atoms with Crippen LogP contribution < -0.4 is 9.47 Å². The highest BCUT2D eigenvalue weighted by atomic mass is 32.2. The van der Waals surface area contributed by atoms with E-state index in [1.165, 1.54) is 0 Å². The van der Waals surface area contributed by atoms with Crippen molar-refractivity contribution in [1.82, 2.24) is 0 Å². The molecule has 4 heteroatoms. The van der Waals surface area contributed by atoms with Crippen LogP contribution in [0.15, 0.2) is 106 Å². The van der Waals surface area contributed by atoms with Gasteiger partial charge in [0.05, 0.1) is 12.8 Å². The number of methoxy groups -OCH3 is 1. The van der Waals surface area contributed by atoms with E-state index >= 15 is 0 Å². The second-order valence-electron chi connectivity index (χ2n) is 5.30. The Morgan fingerprint density at radius 1 is 0.846 bits per heavy atom. The third kappa shape index (κ3) is 5.53. The number of thioether (sulfide) groups is 1. The van der Waals surface area contributed by atoms with E-state index in [1.54, 1.807) is 18.9 Å². The molecule has 0 bridgehead atoms. The lowest BCUT2D eigenvalue weighted by molar-refractivity contribution is 0.413. The minimum Gasteiger partial charge on any atom is -0.497 e. The Morgan fingerprint density at radius 3 is 2.27 bits per heavy atom. The zero-order valence-corrected chi connectivity index (χ0v) is 15.2. The third-order valence-corrected chi connectivity index (χ3v) is 4.22. The van der Waals surface area contributed by atoms with Gasteiger partial charge in [-0.2, -0.15) is 0 Å². The summed E-state index contributed by atoms with van der Waals surface area (Å²) < 4.78 is 11.2. The summed E-state index contributed by atoms with van der Waals surface area (Å²) in [6.07, 6.45) is 1.87. The van der Waals surface area contributed by atoms with Crippen LogP contribution in [0, 0.1) is 0 Å². The van der Waals surface area contributed by atoms with Gasteiger partial charge in [0.15, 0.2) is 0 Å². The minimum absolute atomic E-state index is 0.526. The van der Waals surface area contributed by atoms with Gasteiger partial charge in [0.2, 0.25) is 5.90 Å². The van der Waals surface area contributed by atoms with E-state index in [4.69, 9.17) is 9.47 Å². The van der Waals surface area contributed by atoms with Crippen LogP contribution in [0.1, 0.15) is 0 Å². The summed E-state index contributed by atoms with van der Waals surface area (Å²) in [6.45, 7) is 0. The molecule has 0 aromatic heterocycles. The van der Waals surface area contributed by atoms with Crippen molar-refractivity contribution in [3.8, 4) is 11.5 Å². The summed E-state index contributed by atoms with van der Waals surface area (Å²) in [5.41, 5.74) is 0.842. The number of nitrogens with zero attached hydrogens (tertiary/aromatic N) is 1. The van der Waals surface area contributed by atoms with E-state index in [0.29, 0.717) is 5.90 Å². The van der Waals surface area contributed by atoms with Gasteiger partial charge in [0, 0.05) is 11.0 Å². The molecule has 130 valence electrons. The van der Waals surface area contributed by atoms with E-state index in [0.717, 1.165) is 22.1 Å². The first-order valence-electron chi connectivity index (χ1n) is 8.17. The monoisotopic (exact) mass is 361 g/mol. The van der Waals surface area contributed by atoms with Crippen molar-refractivity contribution in [2.75, 3.05) is 7.11 Å². The van der Waals surface area contributed by atoms with Crippen LogP contribution in [0.5, 0.6) is 11.5 Å². The quantitative estimate of drug-likeness (QED) is 0.301. The molecule has 3 rings (SSSR count). The van der Waals surface area contributed by atoms with Crippen LogP contribution in [-0.4, -0.2) is 13.0 Å². The maximum absolute atomic E-state index is 5.93. The second kappa shape index (κ2) is 9.49. The Kier molecular flexibility index (Phi) is 6.51. The van der Waals surface area contributed by atoms with E-state index in [9.17, 15) is 0 Å². The summed E-state index contributed by atoms with van der Waals surface area (Å²) in [7, 11) is 1.66. The van der Waals surface area contributed by atoms with Crippen molar-refractivity contribution >= 4 is 23.3 Å². The average molecular weight is 361 g/mol. The van der Waals surface area contributed by atoms with Crippen LogP contribution in [0.3, 0.4) is 0 Å². The molecule has 0 spiro atoms. The second-order valence-corrected chi connectivity index (χ2v) is 6.28. The zero-order chi connectivity index (χ0) is 18.0. The van der Waals surface area contributed by atoms with Crippen LogP contribution in [0.2, 0.25) is 0 Å². The summed E-state index contributed by atoms with van der Waals surface area (Å²) in [4.78, 5) is 5.67. The maximum atomic E-state index is 5.93. The predicted molar refractivity (Wildman–Crippen MR) is 109 cm³/mol. The smallest absolute Gasteiger partial charge is 0.220 e. The fourth-order valence-electron chi connectivity index (χ4n) is 2.18. The van der Waals surface area contributed by atoms with Crippen molar-refractivity contribution in [1.29, 1.82) is 0 Å². The van der Waals surface area contributed by atoms with E-state index < -0.39 is 0 Å². The Bertz CT molecular complexity index is 877. The number of aliphatic imine (C=N–C) groups is 1. The summed E-state index contributed by atoms with van der Waals surface area (Å²) in [6, 6.07) is 27.3. The standard InChI is InChI=1S/C22H19NO2S/c1-24-20-13-8-14-21(17-20)26-16-15-22(23-18-9-4-2-5-10-18)25-19-11-6-3-7-12-19/h2-17H,1H3/b16-15+,23-22?. The number of rotatable bonds is 6. The van der Waals surface area contributed by atoms with Crippen molar-refractivity contribution in [3.05, 3.63) is 96.4 Å². The molecular weight excluding hydrogens is 342 g/mol. The van der Waals surface area contributed by atoms with Crippen LogP contribution in [0.4, 0.5) is 5.69 Å². The first kappa shape index (κ1) is 17.8. The summed E-state index contributed by atoms with van der Waals surface area (Å²) in [5.74, 6) is 2.11. The Morgan fingerprint density at radius 2 is 1.54 bits per heavy atom. The topological polar surface area (TPSA) is 30.8 Å². The van der Waals surface area contributed by atoms with Crippen molar-refractivity contribution in [2.45, 2.75) is 4.90 Å². The Balaban J connectivity index is 1.77. The molecule has 0 fully saturated rings. The minimum atomic E-state index is 0.526.